The van der Waals surface area contributed by atoms with Gasteiger partial charge in [0.1, 0.15) is 19.3 Å². The summed E-state index contributed by atoms with van der Waals surface area (Å²) in [7, 11) is 0. The zero-order valence-electron chi connectivity index (χ0n) is 23.5. The molecule has 1 heterocycles. The van der Waals surface area contributed by atoms with Crippen LogP contribution in [-0.2, 0) is 28.6 Å². The maximum absolute atomic E-state index is 13.0. The van der Waals surface area contributed by atoms with Gasteiger partial charge in [-0.1, -0.05) is 30.3 Å². The monoisotopic (exact) mass is 582 g/mol. The molecule has 2 aromatic rings. The van der Waals surface area contributed by atoms with E-state index in [1.807, 2.05) is 30.3 Å². The summed E-state index contributed by atoms with van der Waals surface area (Å²) >= 11 is 1.25. The summed E-state index contributed by atoms with van der Waals surface area (Å²) in [6.07, 6.45) is 0.557. The minimum Gasteiger partial charge on any atom is -0.465 e. The van der Waals surface area contributed by atoms with Crippen LogP contribution in [0.25, 0.3) is 6.08 Å². The molecule has 0 fully saturated rings. The number of anilines is 1. The van der Waals surface area contributed by atoms with Gasteiger partial charge in [-0.05, 0) is 63.6 Å². The van der Waals surface area contributed by atoms with E-state index >= 15 is 0 Å². The normalized spacial score (nSPS) is 15.0. The van der Waals surface area contributed by atoms with Crippen molar-refractivity contribution in [2.24, 2.45) is 10.5 Å². The molecule has 1 atom stereocenters. The molecule has 0 aromatic heterocycles. The highest BCUT2D eigenvalue weighted by Crippen LogP contribution is 2.26. The van der Waals surface area contributed by atoms with Crippen molar-refractivity contribution in [2.75, 3.05) is 36.3 Å². The van der Waals surface area contributed by atoms with E-state index in [1.54, 1.807) is 45.9 Å². The number of aliphatic hydroxyl groups excluding tert-OH is 1. The van der Waals surface area contributed by atoms with E-state index in [1.165, 1.54) is 28.9 Å². The summed E-state index contributed by atoms with van der Waals surface area (Å²) in [4.78, 5) is 49.3. The van der Waals surface area contributed by atoms with E-state index < -0.39 is 23.5 Å². The second-order valence-corrected chi connectivity index (χ2v) is 10.8. The zero-order chi connectivity index (χ0) is 30.0. The average Bonchev–Trinajstić information content (AvgIpc) is 3.23. The summed E-state index contributed by atoms with van der Waals surface area (Å²) in [5.41, 5.74) is 1.75. The number of amides is 1. The number of thioether (sulfide) groups is 1. The molecule has 1 aliphatic rings. The van der Waals surface area contributed by atoms with Crippen molar-refractivity contribution in [3.05, 3.63) is 71.3 Å². The van der Waals surface area contributed by atoms with Gasteiger partial charge in [-0.3, -0.25) is 14.4 Å². The van der Waals surface area contributed by atoms with Crippen molar-refractivity contribution in [3.8, 4) is 0 Å². The van der Waals surface area contributed by atoms with Crippen molar-refractivity contribution in [3.63, 3.8) is 0 Å². The topological polar surface area (TPSA) is 132 Å². The summed E-state index contributed by atoms with van der Waals surface area (Å²) in [6.45, 7) is 6.38. The number of rotatable bonds is 13. The highest BCUT2D eigenvalue weighted by atomic mass is 32.2. The Balaban J connectivity index is 1.46. The number of nitrogens with zero attached hydrogens (tertiary/aromatic N) is 2. The molecule has 0 saturated carbocycles. The number of hydrogen-bond donors (Lipinski definition) is 1. The van der Waals surface area contributed by atoms with Gasteiger partial charge in [0, 0.05) is 5.75 Å². The third-order valence-corrected chi connectivity index (χ3v) is 7.24. The number of ether oxygens (including phenoxy) is 3. The van der Waals surface area contributed by atoms with Gasteiger partial charge in [0.05, 0.1) is 40.3 Å². The van der Waals surface area contributed by atoms with Crippen molar-refractivity contribution < 1.29 is 38.5 Å². The molecule has 1 aliphatic heterocycles. The summed E-state index contributed by atoms with van der Waals surface area (Å²) in [5.74, 6) is -1.42. The number of carbonyl (C=O) groups is 4. The molecule has 2 aromatic carbocycles. The third-order valence-electron chi connectivity index (χ3n) is 5.88. The number of carbonyl (C=O) groups excluding carboxylic acids is 4. The van der Waals surface area contributed by atoms with Gasteiger partial charge in [-0.15, -0.1) is 11.8 Å². The number of esters is 3. The van der Waals surface area contributed by atoms with Gasteiger partial charge in [0.15, 0.2) is 0 Å². The minimum atomic E-state index is -1.22. The summed E-state index contributed by atoms with van der Waals surface area (Å²) in [6, 6.07) is 15.6. The fraction of sp³-hybridized carbons (Fsp3) is 0.367. The van der Waals surface area contributed by atoms with Gasteiger partial charge in [-0.25, -0.2) is 4.79 Å². The van der Waals surface area contributed by atoms with Crippen LogP contribution in [0.15, 0.2) is 65.3 Å². The van der Waals surface area contributed by atoms with Crippen LogP contribution in [0.4, 0.5) is 5.69 Å². The lowest BCUT2D eigenvalue weighted by Gasteiger charge is -2.23. The molecule has 11 heteroatoms. The van der Waals surface area contributed by atoms with Crippen molar-refractivity contribution in [1.29, 1.82) is 0 Å². The first-order chi connectivity index (χ1) is 19.5. The van der Waals surface area contributed by atoms with E-state index in [-0.39, 0.29) is 36.4 Å². The van der Waals surface area contributed by atoms with Crippen LogP contribution >= 0.6 is 11.8 Å². The largest absolute Gasteiger partial charge is 0.465 e. The van der Waals surface area contributed by atoms with Gasteiger partial charge in [-0.2, -0.15) is 10.1 Å². The second-order valence-electron chi connectivity index (χ2n) is 9.85. The molecular weight excluding hydrogens is 548 g/mol. The molecule has 0 aliphatic carbocycles. The first-order valence-electron chi connectivity index (χ1n) is 13.0. The SMILES string of the molecule is CCOC(=O)CSCC(C)(C)C(=O)OCC(O)COC(=O)c1ccc(N2N=C(C)/C(=C/c3ccccc3)C2=O)cc1. The molecule has 0 spiro atoms. The molecular formula is C30H34N2O8S. The molecule has 41 heavy (non-hydrogen) atoms. The van der Waals surface area contributed by atoms with Crippen LogP contribution in [0.2, 0.25) is 0 Å². The van der Waals surface area contributed by atoms with E-state index in [0.29, 0.717) is 29.3 Å². The Morgan fingerprint density at radius 2 is 1.68 bits per heavy atom. The number of hydrogen-bond acceptors (Lipinski definition) is 10. The van der Waals surface area contributed by atoms with E-state index in [2.05, 4.69) is 5.10 Å². The van der Waals surface area contributed by atoms with Crippen LogP contribution in [-0.4, -0.2) is 72.1 Å². The Hall–Kier alpha value is -3.96. The standard InChI is InChI=1S/C30H34N2O8S/c1-5-38-26(34)18-41-19-30(3,4)29(37)40-17-24(33)16-39-28(36)22-11-13-23(14-12-22)32-27(35)25(20(2)31-32)15-21-9-7-6-8-10-21/h6-15,24,33H,5,16-19H2,1-4H3/b25-15-. The van der Waals surface area contributed by atoms with Crippen molar-refractivity contribution in [2.45, 2.75) is 33.8 Å². The molecule has 0 radical (unpaired) electrons. The Kier molecular flexibility index (Phi) is 11.2. The van der Waals surface area contributed by atoms with Crippen LogP contribution < -0.4 is 5.01 Å². The number of hydrazone groups is 1. The van der Waals surface area contributed by atoms with Gasteiger partial charge >= 0.3 is 17.9 Å². The molecule has 3 rings (SSSR count). The lowest BCUT2D eigenvalue weighted by molar-refractivity contribution is -0.156. The molecule has 1 unspecified atom stereocenters. The first kappa shape index (κ1) is 31.6. The summed E-state index contributed by atoms with van der Waals surface area (Å²) in [5, 5.41) is 15.8. The smallest absolute Gasteiger partial charge is 0.338 e. The fourth-order valence-electron chi connectivity index (χ4n) is 3.64. The molecule has 1 N–H and O–H groups in total. The van der Waals surface area contributed by atoms with Crippen LogP contribution in [0, 0.1) is 5.41 Å². The first-order valence-corrected chi connectivity index (χ1v) is 14.2. The molecule has 218 valence electrons. The Bertz CT molecular complexity index is 1310. The van der Waals surface area contributed by atoms with Crippen molar-refractivity contribution >= 4 is 53.1 Å². The minimum absolute atomic E-state index is 0.123. The van der Waals surface area contributed by atoms with Crippen LogP contribution in [0.1, 0.15) is 43.6 Å². The molecule has 0 saturated heterocycles. The maximum Gasteiger partial charge on any atom is 0.338 e. The Morgan fingerprint density at radius 1 is 1.02 bits per heavy atom. The van der Waals surface area contributed by atoms with E-state index in [0.717, 1.165) is 5.56 Å². The van der Waals surface area contributed by atoms with Crippen LogP contribution in [0.3, 0.4) is 0 Å². The highest BCUT2D eigenvalue weighted by Gasteiger charge is 2.31. The lowest BCUT2D eigenvalue weighted by Crippen LogP contribution is -2.33. The summed E-state index contributed by atoms with van der Waals surface area (Å²) < 4.78 is 15.2. The zero-order valence-corrected chi connectivity index (χ0v) is 24.3. The molecule has 10 nitrogen and oxygen atoms in total. The van der Waals surface area contributed by atoms with Gasteiger partial charge in [0.25, 0.3) is 5.91 Å². The van der Waals surface area contributed by atoms with Gasteiger partial charge in [0.2, 0.25) is 0 Å². The van der Waals surface area contributed by atoms with Crippen LogP contribution in [0.5, 0.6) is 0 Å². The quantitative estimate of drug-likeness (QED) is 0.212. The highest BCUT2D eigenvalue weighted by molar-refractivity contribution is 7.99. The second kappa shape index (κ2) is 14.6. The maximum atomic E-state index is 13.0. The predicted octanol–water partition coefficient (Wildman–Crippen LogP) is 3.88. The third kappa shape index (κ3) is 9.02. The fourth-order valence-corrected chi connectivity index (χ4v) is 4.62. The number of aliphatic hydroxyl groups is 1. The number of benzene rings is 2. The van der Waals surface area contributed by atoms with Crippen molar-refractivity contribution in [1.82, 2.24) is 0 Å². The van der Waals surface area contributed by atoms with Gasteiger partial charge < -0.3 is 19.3 Å². The van der Waals surface area contributed by atoms with E-state index in [9.17, 15) is 24.3 Å². The average molecular weight is 583 g/mol. The van der Waals surface area contributed by atoms with E-state index in [4.69, 9.17) is 14.2 Å². The lowest BCUT2D eigenvalue weighted by atomic mass is 9.97. The Morgan fingerprint density at radius 3 is 2.34 bits per heavy atom. The molecule has 1 amide bonds. The predicted molar refractivity (Wildman–Crippen MR) is 156 cm³/mol. The molecule has 0 bridgehead atoms. The Labute approximate surface area is 243 Å².